The van der Waals surface area contributed by atoms with Gasteiger partial charge in [0.15, 0.2) is 27.2 Å². The molecule has 4 rings (SSSR count). The highest BCUT2D eigenvalue weighted by Crippen LogP contribution is 2.42. The molecule has 12 nitrogen and oxygen atoms in total. The third kappa shape index (κ3) is 6.79. The number of Topliss-reactive ketones (excluding diaryl/α,β-unsaturated/α-hetero) is 2. The van der Waals surface area contributed by atoms with Crippen LogP contribution in [0.5, 0.6) is 0 Å². The zero-order valence-corrected chi connectivity index (χ0v) is 25.1. The Hall–Kier alpha value is -3.66. The molecular weight excluding hydrogens is 600 g/mol. The van der Waals surface area contributed by atoms with Gasteiger partial charge in [0.05, 0.1) is 42.3 Å². The Labute approximate surface area is 249 Å². The van der Waals surface area contributed by atoms with Crippen molar-refractivity contribution in [3.63, 3.8) is 0 Å². The van der Waals surface area contributed by atoms with Crippen LogP contribution in [0.15, 0.2) is 88.0 Å². The van der Waals surface area contributed by atoms with Gasteiger partial charge in [-0.15, -0.1) is 0 Å². The summed E-state index contributed by atoms with van der Waals surface area (Å²) in [4.78, 5) is 26.1. The van der Waals surface area contributed by atoms with E-state index in [0.29, 0.717) is 5.57 Å². The van der Waals surface area contributed by atoms with Gasteiger partial charge in [-0.05, 0) is 43.7 Å². The lowest BCUT2D eigenvalue weighted by Gasteiger charge is -2.36. The molecule has 2 aromatic carbocycles. The second-order valence-electron chi connectivity index (χ2n) is 10.3. The van der Waals surface area contributed by atoms with Crippen LogP contribution < -0.4 is 11.1 Å². The number of aliphatic hydroxyl groups is 1. The van der Waals surface area contributed by atoms with Crippen molar-refractivity contribution in [2.24, 2.45) is 17.6 Å². The molecule has 0 fully saturated rings. The summed E-state index contributed by atoms with van der Waals surface area (Å²) in [6.07, 6.45) is 0.979. The largest absolute Gasteiger partial charge is 0.400 e. The second-order valence-corrected chi connectivity index (χ2v) is 13.8. The van der Waals surface area contributed by atoms with Gasteiger partial charge in [-0.3, -0.25) is 14.1 Å². The highest BCUT2D eigenvalue weighted by Gasteiger charge is 2.48. The maximum Gasteiger partial charge on any atom is 0.296 e. The van der Waals surface area contributed by atoms with Gasteiger partial charge in [0.2, 0.25) is 0 Å². The first-order valence-corrected chi connectivity index (χ1v) is 16.2. The quantitative estimate of drug-likeness (QED) is 0.116. The SMILES string of the molecule is C=C(C)C(C)(O)OCCOCCS(=O)(=O)c1cccc(NC2=CC(S(=O)(=O)O)=C(N)C3C(=O)c4ccccc4C(=O)C23)c1. The van der Waals surface area contributed by atoms with Crippen LogP contribution >= 0.6 is 0 Å². The summed E-state index contributed by atoms with van der Waals surface area (Å²) < 4.78 is 70.8. The van der Waals surface area contributed by atoms with E-state index in [2.05, 4.69) is 11.9 Å². The molecule has 0 heterocycles. The maximum atomic E-state index is 13.5. The normalized spacial score (nSPS) is 20.1. The molecule has 0 aliphatic heterocycles. The van der Waals surface area contributed by atoms with Gasteiger partial charge in [0.1, 0.15) is 4.91 Å². The predicted octanol–water partition coefficient (Wildman–Crippen LogP) is 2.46. The highest BCUT2D eigenvalue weighted by atomic mass is 32.2. The first-order chi connectivity index (χ1) is 20.0. The number of fused-ring (bicyclic) bond motifs is 2. The molecule has 0 spiro atoms. The van der Waals surface area contributed by atoms with E-state index in [1.807, 2.05) is 0 Å². The molecule has 0 bridgehead atoms. The van der Waals surface area contributed by atoms with E-state index in [-0.39, 0.29) is 53.0 Å². The molecule has 5 N–H and O–H groups in total. The van der Waals surface area contributed by atoms with Crippen molar-refractivity contribution in [2.75, 3.05) is 30.9 Å². The average Bonchev–Trinajstić information content (AvgIpc) is 2.93. The van der Waals surface area contributed by atoms with Crippen LogP contribution in [-0.4, -0.2) is 69.4 Å². The first-order valence-electron chi connectivity index (χ1n) is 13.1. The van der Waals surface area contributed by atoms with Gasteiger partial charge >= 0.3 is 0 Å². The number of ether oxygens (including phenoxy) is 2. The lowest BCUT2D eigenvalue weighted by molar-refractivity contribution is -0.168. The molecule has 3 atom stereocenters. The Morgan fingerprint density at radius 2 is 1.63 bits per heavy atom. The number of benzene rings is 2. The number of carbonyl (C=O) groups is 2. The number of rotatable bonds is 12. The zero-order valence-electron chi connectivity index (χ0n) is 23.4. The summed E-state index contributed by atoms with van der Waals surface area (Å²) in [5.74, 6) is -5.63. The molecule has 0 saturated heterocycles. The lowest BCUT2D eigenvalue weighted by atomic mass is 9.69. The van der Waals surface area contributed by atoms with Crippen LogP contribution in [0, 0.1) is 11.8 Å². The van der Waals surface area contributed by atoms with Crippen molar-refractivity contribution in [3.05, 3.63) is 94.2 Å². The minimum atomic E-state index is -4.89. The Kier molecular flexibility index (Phi) is 9.11. The van der Waals surface area contributed by atoms with Gasteiger partial charge in [-0.25, -0.2) is 8.42 Å². The molecular formula is C29H32N2O10S2. The molecule has 2 aliphatic carbocycles. The molecule has 230 valence electrons. The van der Waals surface area contributed by atoms with Crippen molar-refractivity contribution < 1.29 is 45.6 Å². The highest BCUT2D eigenvalue weighted by molar-refractivity contribution is 7.91. The summed E-state index contributed by atoms with van der Waals surface area (Å²) in [7, 11) is -8.75. The van der Waals surface area contributed by atoms with Crippen molar-refractivity contribution in [2.45, 2.75) is 24.5 Å². The Balaban J connectivity index is 1.55. The molecule has 14 heteroatoms. The number of nitrogens with one attached hydrogen (secondary N) is 1. The number of sulfone groups is 1. The number of anilines is 1. The summed E-state index contributed by atoms with van der Waals surface area (Å²) in [5, 5.41) is 12.9. The molecule has 2 aromatic rings. The van der Waals surface area contributed by atoms with Gasteiger partial charge < -0.3 is 25.6 Å². The monoisotopic (exact) mass is 632 g/mol. The van der Waals surface area contributed by atoms with E-state index >= 15 is 0 Å². The van der Waals surface area contributed by atoms with E-state index in [4.69, 9.17) is 15.2 Å². The van der Waals surface area contributed by atoms with E-state index in [1.165, 1.54) is 43.3 Å². The Morgan fingerprint density at radius 1 is 1.00 bits per heavy atom. The van der Waals surface area contributed by atoms with Crippen LogP contribution in [-0.2, 0) is 29.4 Å². The van der Waals surface area contributed by atoms with Gasteiger partial charge in [-0.2, -0.15) is 8.42 Å². The first kappa shape index (κ1) is 32.3. The van der Waals surface area contributed by atoms with E-state index in [0.717, 1.165) is 6.08 Å². The van der Waals surface area contributed by atoms with E-state index in [1.54, 1.807) is 19.1 Å². The number of ketones is 2. The Bertz CT molecular complexity index is 1760. The second kappa shape index (κ2) is 12.1. The van der Waals surface area contributed by atoms with Gasteiger partial charge in [-0.1, -0.05) is 36.9 Å². The topological polar surface area (TPSA) is 199 Å². The van der Waals surface area contributed by atoms with Crippen LogP contribution in [0.3, 0.4) is 0 Å². The van der Waals surface area contributed by atoms with Crippen LogP contribution in [0.2, 0.25) is 0 Å². The van der Waals surface area contributed by atoms with Crippen LogP contribution in [0.25, 0.3) is 0 Å². The maximum absolute atomic E-state index is 13.5. The minimum absolute atomic E-state index is 0.00674. The van der Waals surface area contributed by atoms with Crippen molar-refractivity contribution in [3.8, 4) is 0 Å². The average molecular weight is 633 g/mol. The van der Waals surface area contributed by atoms with Crippen LogP contribution in [0.1, 0.15) is 34.6 Å². The number of hydrogen-bond acceptors (Lipinski definition) is 11. The van der Waals surface area contributed by atoms with Crippen molar-refractivity contribution in [1.29, 1.82) is 0 Å². The molecule has 3 unspecified atom stereocenters. The summed E-state index contributed by atoms with van der Waals surface area (Å²) >= 11 is 0. The lowest BCUT2D eigenvalue weighted by Crippen LogP contribution is -2.44. The number of hydrogen-bond donors (Lipinski definition) is 4. The van der Waals surface area contributed by atoms with Crippen molar-refractivity contribution in [1.82, 2.24) is 0 Å². The fourth-order valence-electron chi connectivity index (χ4n) is 4.74. The van der Waals surface area contributed by atoms with Gasteiger partial charge in [0.25, 0.3) is 10.1 Å². The molecule has 43 heavy (non-hydrogen) atoms. The number of nitrogens with two attached hydrogens (primary N) is 1. The van der Waals surface area contributed by atoms with E-state index in [9.17, 15) is 36.1 Å². The molecule has 0 aromatic heterocycles. The standard InChI is InChI=1S/C29H32N2O10S2/c1-17(2)29(3,34)41-12-11-40-13-14-42(35,36)19-8-6-7-18(15-19)31-22-16-23(43(37,38)39)26(30)25-24(22)27(32)20-9-4-5-10-21(20)28(25)33/h4-10,15-16,24-25,31,34H,1,11-14,30H2,2-3H3,(H,37,38,39). The zero-order chi connectivity index (χ0) is 31.7. The van der Waals surface area contributed by atoms with Gasteiger partial charge in [0, 0.05) is 28.2 Å². The molecule has 0 saturated carbocycles. The smallest absolute Gasteiger partial charge is 0.296 e. The summed E-state index contributed by atoms with van der Waals surface area (Å²) in [6, 6.07) is 11.7. The molecule has 2 aliphatic rings. The minimum Gasteiger partial charge on any atom is -0.400 e. The van der Waals surface area contributed by atoms with Crippen molar-refractivity contribution >= 4 is 37.2 Å². The molecule has 0 amide bonds. The number of allylic oxidation sites excluding steroid dienone is 3. The fourth-order valence-corrected chi connectivity index (χ4v) is 6.61. The summed E-state index contributed by atoms with van der Waals surface area (Å²) in [6.45, 7) is 6.53. The van der Waals surface area contributed by atoms with Crippen LogP contribution in [0.4, 0.5) is 5.69 Å². The third-order valence-electron chi connectivity index (χ3n) is 7.26. The Morgan fingerprint density at radius 3 is 2.23 bits per heavy atom. The van der Waals surface area contributed by atoms with E-state index < -0.39 is 59.7 Å². The molecule has 0 radical (unpaired) electrons. The predicted molar refractivity (Wildman–Crippen MR) is 157 cm³/mol. The fraction of sp³-hybridized carbons (Fsp3) is 0.310. The summed E-state index contributed by atoms with van der Waals surface area (Å²) in [5.41, 5.74) is 6.34. The number of carbonyl (C=O) groups excluding carboxylic acids is 2. The third-order valence-corrected chi connectivity index (χ3v) is 9.84.